The zero-order valence-corrected chi connectivity index (χ0v) is 16.8. The number of fused-ring (bicyclic) bond motifs is 1. The van der Waals surface area contributed by atoms with E-state index in [1.54, 1.807) is 18.3 Å². The lowest BCUT2D eigenvalue weighted by atomic mass is 10.1. The fourth-order valence-electron chi connectivity index (χ4n) is 3.35. The molecule has 1 amide bonds. The number of nitrogens with one attached hydrogen (secondary N) is 2. The molecule has 3 N–H and O–H groups in total. The number of hydrogen-bond donors (Lipinski definition) is 3. The van der Waals surface area contributed by atoms with E-state index >= 15 is 0 Å². The Hall–Kier alpha value is -2.74. The van der Waals surface area contributed by atoms with Gasteiger partial charge in [0.2, 0.25) is 0 Å². The highest BCUT2D eigenvalue weighted by Gasteiger charge is 2.16. The van der Waals surface area contributed by atoms with Gasteiger partial charge in [-0.25, -0.2) is 9.37 Å². The molecule has 1 saturated heterocycles. The second kappa shape index (κ2) is 8.95. The lowest BCUT2D eigenvalue weighted by molar-refractivity contribution is 0.0916. The Kier molecular flexibility index (Phi) is 6.13. The van der Waals surface area contributed by atoms with Crippen LogP contribution in [0.15, 0.2) is 48.7 Å². The van der Waals surface area contributed by atoms with Gasteiger partial charge in [-0.1, -0.05) is 23.7 Å². The highest BCUT2D eigenvalue weighted by atomic mass is 35.5. The molecule has 1 unspecified atom stereocenters. The van der Waals surface area contributed by atoms with Crippen molar-refractivity contribution in [1.82, 2.24) is 10.3 Å². The predicted octanol–water partition coefficient (Wildman–Crippen LogP) is 3.69. The van der Waals surface area contributed by atoms with Gasteiger partial charge in [0.05, 0.1) is 23.8 Å². The van der Waals surface area contributed by atoms with Crippen molar-refractivity contribution < 1.29 is 19.0 Å². The summed E-state index contributed by atoms with van der Waals surface area (Å²) in [4.78, 5) is 17.0. The number of halogens is 2. The molecule has 0 saturated carbocycles. The van der Waals surface area contributed by atoms with E-state index in [0.717, 1.165) is 29.6 Å². The van der Waals surface area contributed by atoms with Crippen molar-refractivity contribution in [2.45, 2.75) is 18.6 Å². The normalized spacial score (nSPS) is 17.1. The highest BCUT2D eigenvalue weighted by molar-refractivity contribution is 6.30. The van der Waals surface area contributed by atoms with Gasteiger partial charge in [-0.3, -0.25) is 4.79 Å². The van der Waals surface area contributed by atoms with Crippen molar-refractivity contribution in [2.75, 3.05) is 25.1 Å². The molecule has 0 radical (unpaired) electrons. The zero-order valence-electron chi connectivity index (χ0n) is 16.1. The summed E-state index contributed by atoms with van der Waals surface area (Å²) in [7, 11) is 0. The van der Waals surface area contributed by atoms with Crippen molar-refractivity contribution in [1.29, 1.82) is 0 Å². The number of rotatable bonds is 6. The summed E-state index contributed by atoms with van der Waals surface area (Å²) in [6.45, 7) is 1.37. The Labute approximate surface area is 178 Å². The minimum Gasteiger partial charge on any atom is -0.387 e. The summed E-state index contributed by atoms with van der Waals surface area (Å²) >= 11 is 5.75. The molecular weight excluding hydrogens is 409 g/mol. The maximum Gasteiger partial charge on any atom is 0.251 e. The largest absolute Gasteiger partial charge is 0.387 e. The van der Waals surface area contributed by atoms with Gasteiger partial charge >= 0.3 is 0 Å². The molecule has 0 spiro atoms. The Bertz CT molecular complexity index is 1070. The number of aliphatic hydroxyl groups is 1. The number of aliphatic hydroxyl groups excluding tert-OH is 1. The van der Waals surface area contributed by atoms with Crippen LogP contribution in [0.25, 0.3) is 10.8 Å². The quantitative estimate of drug-likeness (QED) is 0.556. The number of anilines is 1. The van der Waals surface area contributed by atoms with E-state index in [1.165, 1.54) is 18.2 Å². The van der Waals surface area contributed by atoms with Gasteiger partial charge in [0.15, 0.2) is 0 Å². The Balaban J connectivity index is 1.43. The van der Waals surface area contributed by atoms with Gasteiger partial charge in [0.1, 0.15) is 11.6 Å². The molecule has 1 aromatic heterocycles. The molecule has 8 heteroatoms. The molecule has 3 aromatic rings. The third kappa shape index (κ3) is 4.70. The third-order valence-electron chi connectivity index (χ3n) is 5.05. The van der Waals surface area contributed by atoms with Crippen LogP contribution in [-0.2, 0) is 4.74 Å². The number of amides is 1. The van der Waals surface area contributed by atoms with Crippen LogP contribution in [0.4, 0.5) is 10.2 Å². The summed E-state index contributed by atoms with van der Waals surface area (Å²) in [5, 5.41) is 18.0. The third-order valence-corrected chi connectivity index (χ3v) is 5.34. The van der Waals surface area contributed by atoms with Gasteiger partial charge in [-0.15, -0.1) is 0 Å². The van der Waals surface area contributed by atoms with E-state index in [0.29, 0.717) is 17.7 Å². The Morgan fingerprint density at radius 3 is 2.90 bits per heavy atom. The van der Waals surface area contributed by atoms with Crippen molar-refractivity contribution in [3.63, 3.8) is 0 Å². The summed E-state index contributed by atoms with van der Waals surface area (Å²) in [6.07, 6.45) is 1.70. The summed E-state index contributed by atoms with van der Waals surface area (Å²) in [5.41, 5.74) is 0.895. The summed E-state index contributed by atoms with van der Waals surface area (Å²) < 4.78 is 18.6. The van der Waals surface area contributed by atoms with Crippen LogP contribution in [0.3, 0.4) is 0 Å². The molecule has 0 aliphatic carbocycles. The zero-order chi connectivity index (χ0) is 21.1. The summed E-state index contributed by atoms with van der Waals surface area (Å²) in [6, 6.07) is 11.4. The number of nitrogens with zero attached hydrogens (tertiary/aromatic N) is 1. The lowest BCUT2D eigenvalue weighted by Gasteiger charge is -2.14. The number of carbonyl (C=O) groups is 1. The van der Waals surface area contributed by atoms with E-state index in [2.05, 4.69) is 15.6 Å². The monoisotopic (exact) mass is 429 g/mol. The van der Waals surface area contributed by atoms with E-state index in [4.69, 9.17) is 16.3 Å². The van der Waals surface area contributed by atoms with E-state index in [1.807, 2.05) is 12.1 Å². The molecule has 2 atom stereocenters. The fraction of sp³-hybridized carbons (Fsp3) is 0.273. The van der Waals surface area contributed by atoms with Crippen molar-refractivity contribution in [2.24, 2.45) is 0 Å². The molecule has 0 bridgehead atoms. The van der Waals surface area contributed by atoms with Crippen molar-refractivity contribution >= 4 is 34.1 Å². The molecule has 4 rings (SSSR count). The smallest absolute Gasteiger partial charge is 0.251 e. The number of hydrogen-bond acceptors (Lipinski definition) is 5. The Morgan fingerprint density at radius 2 is 2.13 bits per heavy atom. The van der Waals surface area contributed by atoms with Crippen LogP contribution < -0.4 is 10.6 Å². The van der Waals surface area contributed by atoms with Gasteiger partial charge in [-0.2, -0.15) is 0 Å². The number of ether oxygens (including phenoxy) is 1. The first-order valence-electron chi connectivity index (χ1n) is 9.65. The van der Waals surface area contributed by atoms with Gasteiger partial charge in [-0.05, 0) is 47.7 Å². The molecule has 2 heterocycles. The predicted molar refractivity (Wildman–Crippen MR) is 113 cm³/mol. The molecule has 1 aliphatic heterocycles. The number of benzene rings is 2. The van der Waals surface area contributed by atoms with Crippen molar-refractivity contribution in [3.8, 4) is 0 Å². The first-order chi connectivity index (χ1) is 14.5. The molecule has 6 nitrogen and oxygen atoms in total. The molecular formula is C22H21ClFN3O3. The van der Waals surface area contributed by atoms with Gasteiger partial charge in [0, 0.05) is 30.3 Å². The van der Waals surface area contributed by atoms with Crippen LogP contribution >= 0.6 is 11.6 Å². The average Bonchev–Trinajstić information content (AvgIpc) is 3.26. The van der Waals surface area contributed by atoms with E-state index in [-0.39, 0.29) is 23.5 Å². The van der Waals surface area contributed by atoms with Gasteiger partial charge < -0.3 is 20.5 Å². The molecule has 156 valence electrons. The topological polar surface area (TPSA) is 83.5 Å². The first kappa shape index (κ1) is 20.5. The maximum atomic E-state index is 13.3. The second-order valence-corrected chi connectivity index (χ2v) is 7.64. The average molecular weight is 430 g/mol. The lowest BCUT2D eigenvalue weighted by Crippen LogP contribution is -2.28. The summed E-state index contributed by atoms with van der Waals surface area (Å²) in [5.74, 6) is -0.143. The standard InChI is InChI=1S/C22H21ClFN3O3/c23-18-8-13(3-4-19(18)24)20(28)11-26-22(29)14-1-2-15-10-25-21(9-16(15)7-14)27-17-5-6-30-12-17/h1-4,7-10,17,20,28H,5-6,11-12H2,(H,25,27)(H,26,29)/t17?,20-/m0/s1. The number of carbonyl (C=O) groups excluding carboxylic acids is 1. The minimum atomic E-state index is -0.999. The van der Waals surface area contributed by atoms with Crippen LogP contribution in [0.1, 0.15) is 28.4 Å². The van der Waals surface area contributed by atoms with Crippen LogP contribution in [0, 0.1) is 5.82 Å². The molecule has 1 aliphatic rings. The number of aromatic nitrogens is 1. The molecule has 30 heavy (non-hydrogen) atoms. The SMILES string of the molecule is O=C(NC[C@H](O)c1ccc(F)c(Cl)c1)c1ccc2cnc(NC3CCOC3)cc2c1. The van der Waals surface area contributed by atoms with Gasteiger partial charge in [0.25, 0.3) is 5.91 Å². The molecule has 1 fully saturated rings. The van der Waals surface area contributed by atoms with Crippen LogP contribution in [0.5, 0.6) is 0 Å². The van der Waals surface area contributed by atoms with E-state index in [9.17, 15) is 14.3 Å². The molecule has 2 aromatic carbocycles. The van der Waals surface area contributed by atoms with Crippen LogP contribution in [-0.4, -0.2) is 41.8 Å². The van der Waals surface area contributed by atoms with E-state index < -0.39 is 11.9 Å². The van der Waals surface area contributed by atoms with Crippen LogP contribution in [0.2, 0.25) is 5.02 Å². The Morgan fingerprint density at radius 1 is 1.27 bits per heavy atom. The minimum absolute atomic E-state index is 0.0241. The second-order valence-electron chi connectivity index (χ2n) is 7.24. The fourth-order valence-corrected chi connectivity index (χ4v) is 3.54. The first-order valence-corrected chi connectivity index (χ1v) is 10.0. The van der Waals surface area contributed by atoms with Crippen molar-refractivity contribution in [3.05, 3.63) is 70.6 Å². The highest BCUT2D eigenvalue weighted by Crippen LogP contribution is 2.22. The maximum absolute atomic E-state index is 13.3. The number of pyridine rings is 1.